The van der Waals surface area contributed by atoms with Crippen LogP contribution in [-0.4, -0.2) is 54.9 Å². The van der Waals surface area contributed by atoms with Crippen LogP contribution in [0, 0.1) is 17.0 Å². The summed E-state index contributed by atoms with van der Waals surface area (Å²) in [6, 6.07) is 20.1. The van der Waals surface area contributed by atoms with Gasteiger partial charge in [-0.05, 0) is 48.7 Å². The van der Waals surface area contributed by atoms with Gasteiger partial charge < -0.3 is 19.3 Å². The molecular weight excluding hydrogens is 448 g/mol. The van der Waals surface area contributed by atoms with Crippen LogP contribution in [0.3, 0.4) is 0 Å². The van der Waals surface area contributed by atoms with Crippen molar-refractivity contribution in [1.29, 1.82) is 0 Å². The Kier molecular flexibility index (Phi) is 9.46. The predicted molar refractivity (Wildman–Crippen MR) is 134 cm³/mol. The average Bonchev–Trinajstić information content (AvgIpc) is 2.86. The van der Waals surface area contributed by atoms with E-state index in [1.807, 2.05) is 54.3 Å². The van der Waals surface area contributed by atoms with Crippen LogP contribution in [0.25, 0.3) is 0 Å². The molecule has 0 radical (unpaired) electrons. The molecule has 0 saturated carbocycles. The van der Waals surface area contributed by atoms with Crippen LogP contribution in [0.2, 0.25) is 0 Å². The van der Waals surface area contributed by atoms with Crippen molar-refractivity contribution < 1.29 is 24.2 Å². The molecule has 1 atom stereocenters. The highest BCUT2D eigenvalue weighted by atomic mass is 16.6. The molecule has 1 N–H and O–H groups in total. The number of methoxy groups -OCH3 is 2. The highest BCUT2D eigenvalue weighted by molar-refractivity contribution is 5.43. The molecular formula is C27H32N2O6. The summed E-state index contributed by atoms with van der Waals surface area (Å²) in [5.74, 6) is 1.98. The van der Waals surface area contributed by atoms with E-state index in [1.165, 1.54) is 6.07 Å². The Morgan fingerprint density at radius 2 is 1.77 bits per heavy atom. The van der Waals surface area contributed by atoms with Crippen molar-refractivity contribution in [3.63, 3.8) is 0 Å². The van der Waals surface area contributed by atoms with Crippen molar-refractivity contribution in [1.82, 2.24) is 4.90 Å². The number of ether oxygens (including phenoxy) is 3. The Morgan fingerprint density at radius 3 is 2.49 bits per heavy atom. The summed E-state index contributed by atoms with van der Waals surface area (Å²) in [6.45, 7) is 3.29. The molecule has 35 heavy (non-hydrogen) atoms. The molecule has 3 aromatic rings. The van der Waals surface area contributed by atoms with Gasteiger partial charge in [0, 0.05) is 31.3 Å². The molecule has 0 aromatic heterocycles. The minimum absolute atomic E-state index is 0.0640. The summed E-state index contributed by atoms with van der Waals surface area (Å²) >= 11 is 0. The maximum absolute atomic E-state index is 11.5. The summed E-state index contributed by atoms with van der Waals surface area (Å²) in [4.78, 5) is 13.1. The third kappa shape index (κ3) is 7.70. The highest BCUT2D eigenvalue weighted by Gasteiger charge is 2.19. The first-order valence-corrected chi connectivity index (χ1v) is 11.4. The van der Waals surface area contributed by atoms with E-state index >= 15 is 0 Å². The zero-order chi connectivity index (χ0) is 25.2. The van der Waals surface area contributed by atoms with E-state index in [4.69, 9.17) is 14.2 Å². The van der Waals surface area contributed by atoms with Crippen LogP contribution < -0.4 is 14.2 Å². The Bertz CT molecular complexity index is 1120. The molecule has 0 spiro atoms. The molecule has 0 heterocycles. The third-order valence-electron chi connectivity index (χ3n) is 5.65. The van der Waals surface area contributed by atoms with Gasteiger partial charge in [0.2, 0.25) is 0 Å². The first kappa shape index (κ1) is 26.0. The molecule has 3 aromatic carbocycles. The Balaban J connectivity index is 1.71. The number of nitrogens with zero attached hydrogens (tertiary/aromatic N) is 2. The Hall–Kier alpha value is -3.62. The van der Waals surface area contributed by atoms with Gasteiger partial charge in [-0.3, -0.25) is 15.0 Å². The smallest absolute Gasteiger partial charge is 0.273 e. The average molecular weight is 481 g/mol. The highest BCUT2D eigenvalue weighted by Crippen LogP contribution is 2.28. The summed E-state index contributed by atoms with van der Waals surface area (Å²) in [7, 11) is 3.18. The van der Waals surface area contributed by atoms with Gasteiger partial charge in [0.1, 0.15) is 18.5 Å². The maximum atomic E-state index is 11.5. The monoisotopic (exact) mass is 480 g/mol. The van der Waals surface area contributed by atoms with E-state index in [9.17, 15) is 15.2 Å². The fourth-order valence-electron chi connectivity index (χ4n) is 3.87. The Labute approximate surface area is 205 Å². The number of para-hydroxylation sites is 1. The van der Waals surface area contributed by atoms with Gasteiger partial charge in [-0.2, -0.15) is 0 Å². The van der Waals surface area contributed by atoms with Crippen LogP contribution >= 0.6 is 0 Å². The predicted octanol–water partition coefficient (Wildman–Crippen LogP) is 4.41. The number of benzene rings is 3. The Morgan fingerprint density at radius 1 is 1.00 bits per heavy atom. The fraction of sp³-hybridized carbons (Fsp3) is 0.333. The van der Waals surface area contributed by atoms with Crippen molar-refractivity contribution in [2.75, 3.05) is 33.9 Å². The molecule has 0 aliphatic carbocycles. The van der Waals surface area contributed by atoms with Crippen LogP contribution in [0.4, 0.5) is 5.69 Å². The summed E-state index contributed by atoms with van der Waals surface area (Å²) < 4.78 is 16.5. The van der Waals surface area contributed by atoms with Gasteiger partial charge in [-0.25, -0.2) is 0 Å². The van der Waals surface area contributed by atoms with Crippen LogP contribution in [-0.2, 0) is 13.0 Å². The molecule has 3 rings (SSSR count). The van der Waals surface area contributed by atoms with Crippen molar-refractivity contribution in [3.05, 3.63) is 93.5 Å². The van der Waals surface area contributed by atoms with Crippen molar-refractivity contribution in [2.24, 2.45) is 0 Å². The number of aliphatic hydroxyl groups is 1. The second-order valence-corrected chi connectivity index (χ2v) is 8.34. The van der Waals surface area contributed by atoms with Crippen LogP contribution in [0.15, 0.2) is 66.7 Å². The van der Waals surface area contributed by atoms with E-state index in [0.29, 0.717) is 48.9 Å². The van der Waals surface area contributed by atoms with Gasteiger partial charge in [-0.15, -0.1) is 0 Å². The minimum Gasteiger partial charge on any atom is -0.493 e. The van der Waals surface area contributed by atoms with Crippen LogP contribution in [0.5, 0.6) is 17.2 Å². The molecule has 1 unspecified atom stereocenters. The standard InChI is InChI=1S/C27H32N2O6/c1-20-7-6-9-24(15-20)35-19-23(30)18-28(17-22-8-4-5-10-25(22)29(31)32)14-13-21-11-12-26(33-2)27(16-21)34-3/h4-12,15-16,23,30H,13-14,17-19H2,1-3H3. The lowest BCUT2D eigenvalue weighted by Gasteiger charge is -2.25. The fourth-order valence-corrected chi connectivity index (χ4v) is 3.87. The molecule has 0 aliphatic heterocycles. The molecule has 0 bridgehead atoms. The van der Waals surface area contributed by atoms with Gasteiger partial charge in [-0.1, -0.05) is 36.4 Å². The van der Waals surface area contributed by atoms with E-state index in [0.717, 1.165) is 11.1 Å². The number of rotatable bonds is 13. The van der Waals surface area contributed by atoms with Crippen LogP contribution in [0.1, 0.15) is 16.7 Å². The molecule has 186 valence electrons. The lowest BCUT2D eigenvalue weighted by Crippen LogP contribution is -2.36. The largest absolute Gasteiger partial charge is 0.493 e. The number of aliphatic hydroxyl groups excluding tert-OH is 1. The summed E-state index contributed by atoms with van der Waals surface area (Å²) in [6.07, 6.45) is -0.115. The van der Waals surface area contributed by atoms with Gasteiger partial charge >= 0.3 is 0 Å². The number of nitro benzene ring substituents is 1. The summed E-state index contributed by atoms with van der Waals surface area (Å²) in [5.41, 5.74) is 2.76. The molecule has 8 heteroatoms. The van der Waals surface area contributed by atoms with Gasteiger partial charge in [0.15, 0.2) is 11.5 Å². The van der Waals surface area contributed by atoms with Crippen molar-refractivity contribution >= 4 is 5.69 Å². The van der Waals surface area contributed by atoms with E-state index < -0.39 is 6.10 Å². The zero-order valence-electron chi connectivity index (χ0n) is 20.3. The maximum Gasteiger partial charge on any atom is 0.273 e. The number of hydrogen-bond acceptors (Lipinski definition) is 7. The normalized spacial score (nSPS) is 11.8. The number of hydrogen-bond donors (Lipinski definition) is 1. The first-order valence-electron chi connectivity index (χ1n) is 11.4. The molecule has 0 amide bonds. The lowest BCUT2D eigenvalue weighted by atomic mass is 10.1. The molecule has 8 nitrogen and oxygen atoms in total. The topological polar surface area (TPSA) is 94.3 Å². The van der Waals surface area contributed by atoms with E-state index in [-0.39, 0.29) is 17.2 Å². The van der Waals surface area contributed by atoms with E-state index in [1.54, 1.807) is 32.4 Å². The second-order valence-electron chi connectivity index (χ2n) is 8.34. The van der Waals surface area contributed by atoms with Gasteiger partial charge in [0.25, 0.3) is 5.69 Å². The lowest BCUT2D eigenvalue weighted by molar-refractivity contribution is -0.385. The molecule has 0 aliphatic rings. The number of aryl methyl sites for hydroxylation is 1. The summed E-state index contributed by atoms with van der Waals surface area (Å²) in [5, 5.41) is 22.2. The molecule has 0 fully saturated rings. The zero-order valence-corrected chi connectivity index (χ0v) is 20.3. The first-order chi connectivity index (χ1) is 16.9. The quantitative estimate of drug-likeness (QED) is 0.286. The van der Waals surface area contributed by atoms with Crippen molar-refractivity contribution in [2.45, 2.75) is 26.0 Å². The van der Waals surface area contributed by atoms with Gasteiger partial charge in [0.05, 0.1) is 19.1 Å². The minimum atomic E-state index is -0.774. The third-order valence-corrected chi connectivity index (χ3v) is 5.65. The van der Waals surface area contributed by atoms with E-state index in [2.05, 4.69) is 0 Å². The van der Waals surface area contributed by atoms with Crippen molar-refractivity contribution in [3.8, 4) is 17.2 Å². The SMILES string of the molecule is COc1ccc(CCN(Cc2ccccc2[N+](=O)[O-])CC(O)COc2cccc(C)c2)cc1OC. The molecule has 0 saturated heterocycles. The number of nitro groups is 1. The second kappa shape index (κ2) is 12.7.